The number of amides is 1. The van der Waals surface area contributed by atoms with Gasteiger partial charge in [-0.05, 0) is 45.1 Å². The molecule has 1 rings (SSSR count). The van der Waals surface area contributed by atoms with E-state index in [1.165, 1.54) is 0 Å². The van der Waals surface area contributed by atoms with Crippen molar-refractivity contribution in [2.75, 3.05) is 13.1 Å². The van der Waals surface area contributed by atoms with Gasteiger partial charge in [-0.3, -0.25) is 4.79 Å². The van der Waals surface area contributed by atoms with Crippen molar-refractivity contribution in [2.45, 2.75) is 53.0 Å². The van der Waals surface area contributed by atoms with E-state index in [1.807, 2.05) is 4.90 Å². The van der Waals surface area contributed by atoms with Gasteiger partial charge < -0.3 is 10.6 Å². The number of nitrogens with zero attached hydrogens (tertiary/aromatic N) is 1. The molecule has 0 bridgehead atoms. The Morgan fingerprint density at radius 2 is 1.94 bits per heavy atom. The Morgan fingerprint density at radius 3 is 2.41 bits per heavy atom. The molecule has 100 valence electrons. The second kappa shape index (κ2) is 6.39. The maximum absolute atomic E-state index is 12.6. The van der Waals surface area contributed by atoms with Crippen LogP contribution in [-0.2, 0) is 4.79 Å². The highest BCUT2D eigenvalue weighted by atomic mass is 16.2. The Morgan fingerprint density at radius 1 is 1.29 bits per heavy atom. The Hall–Kier alpha value is -0.570. The zero-order valence-corrected chi connectivity index (χ0v) is 11.8. The molecule has 2 atom stereocenters. The molecule has 1 saturated carbocycles. The lowest BCUT2D eigenvalue weighted by Gasteiger charge is -2.32. The standard InChI is InChI=1S/C14H28N2O/c1-10(2)9-16(11(3)4)14(17)13-7-5-6-12(13)8-15/h10-13H,5-9,15H2,1-4H3/t12-,13-/m1/s1. The fraction of sp³-hybridized carbons (Fsp3) is 0.929. The molecule has 3 nitrogen and oxygen atoms in total. The Kier molecular flexibility index (Phi) is 5.44. The van der Waals surface area contributed by atoms with Crippen molar-refractivity contribution >= 4 is 5.91 Å². The number of nitrogens with two attached hydrogens (primary N) is 1. The van der Waals surface area contributed by atoms with Crippen LogP contribution < -0.4 is 5.73 Å². The van der Waals surface area contributed by atoms with Gasteiger partial charge in [0.15, 0.2) is 0 Å². The maximum atomic E-state index is 12.6. The molecule has 3 heteroatoms. The van der Waals surface area contributed by atoms with Gasteiger partial charge in [0.05, 0.1) is 0 Å². The third-order valence-electron chi connectivity index (χ3n) is 3.75. The van der Waals surface area contributed by atoms with E-state index in [2.05, 4.69) is 27.7 Å². The summed E-state index contributed by atoms with van der Waals surface area (Å²) in [7, 11) is 0. The number of hydrogen-bond donors (Lipinski definition) is 1. The van der Waals surface area contributed by atoms with Crippen LogP contribution in [0.15, 0.2) is 0 Å². The lowest BCUT2D eigenvalue weighted by molar-refractivity contribution is -0.139. The summed E-state index contributed by atoms with van der Waals surface area (Å²) in [6.07, 6.45) is 3.31. The molecule has 0 unspecified atom stereocenters. The van der Waals surface area contributed by atoms with Gasteiger partial charge in [-0.1, -0.05) is 20.3 Å². The van der Waals surface area contributed by atoms with Crippen molar-refractivity contribution in [3.05, 3.63) is 0 Å². The minimum absolute atomic E-state index is 0.182. The third-order valence-corrected chi connectivity index (χ3v) is 3.75. The Labute approximate surface area is 106 Å². The van der Waals surface area contributed by atoms with Crippen LogP contribution in [0.3, 0.4) is 0 Å². The topological polar surface area (TPSA) is 46.3 Å². The predicted molar refractivity (Wildman–Crippen MR) is 71.6 cm³/mol. The molecule has 17 heavy (non-hydrogen) atoms. The summed E-state index contributed by atoms with van der Waals surface area (Å²) in [4.78, 5) is 14.6. The molecule has 1 aliphatic rings. The lowest BCUT2D eigenvalue weighted by atomic mass is 9.94. The zero-order chi connectivity index (χ0) is 13.0. The third kappa shape index (κ3) is 3.70. The molecule has 1 aliphatic carbocycles. The fourth-order valence-corrected chi connectivity index (χ4v) is 2.81. The van der Waals surface area contributed by atoms with Gasteiger partial charge in [0.25, 0.3) is 0 Å². The molecule has 0 aromatic carbocycles. The van der Waals surface area contributed by atoms with Crippen LogP contribution in [0.2, 0.25) is 0 Å². The summed E-state index contributed by atoms with van der Waals surface area (Å²) < 4.78 is 0. The smallest absolute Gasteiger partial charge is 0.226 e. The molecule has 0 aliphatic heterocycles. The van der Waals surface area contributed by atoms with Gasteiger partial charge in [-0.25, -0.2) is 0 Å². The first-order valence-electron chi connectivity index (χ1n) is 6.97. The van der Waals surface area contributed by atoms with Crippen molar-refractivity contribution in [1.82, 2.24) is 4.90 Å². The fourth-order valence-electron chi connectivity index (χ4n) is 2.81. The van der Waals surface area contributed by atoms with E-state index in [0.717, 1.165) is 25.8 Å². The second-order valence-electron chi connectivity index (χ2n) is 6.01. The first-order chi connectivity index (χ1) is 7.97. The molecular weight excluding hydrogens is 212 g/mol. The van der Waals surface area contributed by atoms with Crippen LogP contribution in [-0.4, -0.2) is 29.9 Å². The molecular formula is C14H28N2O. The quantitative estimate of drug-likeness (QED) is 0.801. The Bertz CT molecular complexity index is 251. The molecule has 0 spiro atoms. The summed E-state index contributed by atoms with van der Waals surface area (Å²) in [6.45, 7) is 10.1. The number of rotatable bonds is 5. The first-order valence-corrected chi connectivity index (χ1v) is 6.97. The SMILES string of the molecule is CC(C)CN(C(=O)[C@@H]1CCC[C@@H]1CN)C(C)C. The van der Waals surface area contributed by atoms with Crippen molar-refractivity contribution < 1.29 is 4.79 Å². The summed E-state index contributed by atoms with van der Waals surface area (Å²) in [5.74, 6) is 1.46. The van der Waals surface area contributed by atoms with Gasteiger partial charge in [-0.15, -0.1) is 0 Å². The molecule has 0 aromatic heterocycles. The van der Waals surface area contributed by atoms with Gasteiger partial charge in [0.1, 0.15) is 0 Å². The van der Waals surface area contributed by atoms with Gasteiger partial charge >= 0.3 is 0 Å². The van der Waals surface area contributed by atoms with E-state index < -0.39 is 0 Å². The summed E-state index contributed by atoms with van der Waals surface area (Å²) in [5, 5.41) is 0. The minimum Gasteiger partial charge on any atom is -0.340 e. The van der Waals surface area contributed by atoms with Crippen LogP contribution >= 0.6 is 0 Å². The number of carbonyl (C=O) groups is 1. The number of carbonyl (C=O) groups excluding carboxylic acids is 1. The minimum atomic E-state index is 0.182. The molecule has 0 aromatic rings. The first kappa shape index (κ1) is 14.5. The van der Waals surface area contributed by atoms with Crippen molar-refractivity contribution in [1.29, 1.82) is 0 Å². The average molecular weight is 240 g/mol. The highest BCUT2D eigenvalue weighted by molar-refractivity contribution is 5.79. The monoisotopic (exact) mass is 240 g/mol. The van der Waals surface area contributed by atoms with Crippen molar-refractivity contribution in [3.63, 3.8) is 0 Å². The average Bonchev–Trinajstić information content (AvgIpc) is 2.72. The van der Waals surface area contributed by atoms with Gasteiger partial charge in [-0.2, -0.15) is 0 Å². The maximum Gasteiger partial charge on any atom is 0.226 e. The van der Waals surface area contributed by atoms with E-state index in [1.54, 1.807) is 0 Å². The molecule has 2 N–H and O–H groups in total. The van der Waals surface area contributed by atoms with Gasteiger partial charge in [0.2, 0.25) is 5.91 Å². The van der Waals surface area contributed by atoms with E-state index in [4.69, 9.17) is 5.73 Å². The van der Waals surface area contributed by atoms with Gasteiger partial charge in [0, 0.05) is 18.5 Å². The number of hydrogen-bond acceptors (Lipinski definition) is 2. The summed E-state index contributed by atoms with van der Waals surface area (Å²) in [5.41, 5.74) is 5.77. The highest BCUT2D eigenvalue weighted by Gasteiger charge is 2.35. The van der Waals surface area contributed by atoms with Crippen LogP contribution in [0.4, 0.5) is 0 Å². The van der Waals surface area contributed by atoms with E-state index in [0.29, 0.717) is 30.3 Å². The molecule has 0 saturated heterocycles. The van der Waals surface area contributed by atoms with Crippen molar-refractivity contribution in [2.24, 2.45) is 23.5 Å². The lowest BCUT2D eigenvalue weighted by Crippen LogP contribution is -2.44. The zero-order valence-electron chi connectivity index (χ0n) is 11.8. The predicted octanol–water partition coefficient (Wildman–Crippen LogP) is 2.25. The summed E-state index contributed by atoms with van der Waals surface area (Å²) in [6, 6.07) is 0.295. The van der Waals surface area contributed by atoms with Crippen LogP contribution in [0.5, 0.6) is 0 Å². The molecule has 1 amide bonds. The summed E-state index contributed by atoms with van der Waals surface area (Å²) >= 11 is 0. The molecule has 1 fully saturated rings. The van der Waals surface area contributed by atoms with Crippen LogP contribution in [0.25, 0.3) is 0 Å². The van der Waals surface area contributed by atoms with E-state index >= 15 is 0 Å². The van der Waals surface area contributed by atoms with E-state index in [9.17, 15) is 4.79 Å². The highest BCUT2D eigenvalue weighted by Crippen LogP contribution is 2.33. The van der Waals surface area contributed by atoms with Crippen molar-refractivity contribution in [3.8, 4) is 0 Å². The normalized spacial score (nSPS) is 24.6. The second-order valence-corrected chi connectivity index (χ2v) is 6.01. The largest absolute Gasteiger partial charge is 0.340 e. The van der Waals surface area contributed by atoms with Crippen LogP contribution in [0, 0.1) is 17.8 Å². The molecule has 0 heterocycles. The van der Waals surface area contributed by atoms with E-state index in [-0.39, 0.29) is 5.92 Å². The van der Waals surface area contributed by atoms with Crippen LogP contribution in [0.1, 0.15) is 47.0 Å². The molecule has 0 radical (unpaired) electrons. The Balaban J connectivity index is 2.70.